The summed E-state index contributed by atoms with van der Waals surface area (Å²) in [5.74, 6) is 1.24. The number of rotatable bonds is 20. The van der Waals surface area contributed by atoms with Crippen molar-refractivity contribution >= 4 is 33.6 Å². The van der Waals surface area contributed by atoms with Crippen LogP contribution < -0.4 is 0 Å². The van der Waals surface area contributed by atoms with Crippen LogP contribution in [0.4, 0.5) is 0 Å². The highest BCUT2D eigenvalue weighted by Gasteiger charge is 2.50. The van der Waals surface area contributed by atoms with Gasteiger partial charge in [-0.25, -0.2) is 0 Å². The standard InChI is InChI=1S/C44H80O8S3/c45-25-27-51-35-5-17-41(18-6-35)55(42-19-7-36(8-20-42)52-28-26-46)44-23-11-38(12-24-44)53-37-9-21-43(22-10-37)54(39-13-1-33(2-14-39)29-49-31-47)40-15-3-34(4-16-40)30-50-32-48/h33-48H,1-32H2/q+2. The largest absolute Gasteiger partial charge is 0.394 e. The summed E-state index contributed by atoms with van der Waals surface area (Å²) in [6, 6.07) is 0. The van der Waals surface area contributed by atoms with Gasteiger partial charge in [0.15, 0.2) is 0 Å². The van der Waals surface area contributed by atoms with Gasteiger partial charge in [0.05, 0.1) is 51.8 Å². The molecule has 0 saturated heterocycles. The minimum absolute atomic E-state index is 0.130. The Hall–Kier alpha value is 0.730. The average molecular weight is 833 g/mol. The van der Waals surface area contributed by atoms with E-state index in [1.807, 2.05) is 0 Å². The fraction of sp³-hybridized carbons (Fsp3) is 1.00. The van der Waals surface area contributed by atoms with E-state index in [4.69, 9.17) is 18.9 Å². The highest BCUT2D eigenvalue weighted by Crippen LogP contribution is 2.47. The normalized spacial score (nSPS) is 39.1. The molecule has 0 aromatic rings. The summed E-state index contributed by atoms with van der Waals surface area (Å²) >= 11 is 2.41. The van der Waals surface area contributed by atoms with Crippen LogP contribution in [0.15, 0.2) is 0 Å². The number of hydrogen-bond acceptors (Lipinski definition) is 9. The molecule has 0 radical (unpaired) electrons. The highest BCUT2D eigenvalue weighted by atomic mass is 32.2. The van der Waals surface area contributed by atoms with Crippen molar-refractivity contribution in [2.45, 2.75) is 208 Å². The Morgan fingerprint density at radius 1 is 0.382 bits per heavy atom. The fourth-order valence-electron chi connectivity index (χ4n) is 11.7. The van der Waals surface area contributed by atoms with E-state index in [-0.39, 0.29) is 26.8 Å². The van der Waals surface area contributed by atoms with Crippen molar-refractivity contribution in [2.24, 2.45) is 11.8 Å². The van der Waals surface area contributed by atoms with Gasteiger partial charge in [-0.2, -0.15) is 11.8 Å². The Kier molecular flexibility index (Phi) is 20.5. The Balaban J connectivity index is 0.990. The molecule has 6 saturated carbocycles. The van der Waals surface area contributed by atoms with Crippen LogP contribution in [0.2, 0.25) is 0 Å². The van der Waals surface area contributed by atoms with E-state index in [0.717, 1.165) is 55.2 Å². The lowest BCUT2D eigenvalue weighted by Gasteiger charge is -2.41. The molecule has 6 aliphatic rings. The van der Waals surface area contributed by atoms with E-state index in [0.29, 0.717) is 59.0 Å². The van der Waals surface area contributed by atoms with E-state index in [2.05, 4.69) is 11.8 Å². The Bertz CT molecular complexity index is 863. The first-order valence-electron chi connectivity index (χ1n) is 23.0. The summed E-state index contributed by atoms with van der Waals surface area (Å²) in [6.45, 7) is 2.38. The van der Waals surface area contributed by atoms with Crippen LogP contribution in [0.3, 0.4) is 0 Å². The third-order valence-electron chi connectivity index (χ3n) is 14.5. The molecule has 4 N–H and O–H groups in total. The molecule has 11 heteroatoms. The summed E-state index contributed by atoms with van der Waals surface area (Å²) in [7, 11) is 0.977. The summed E-state index contributed by atoms with van der Waals surface area (Å²) in [5, 5.41) is 44.0. The predicted octanol–water partition coefficient (Wildman–Crippen LogP) is 7.27. The van der Waals surface area contributed by atoms with Crippen LogP contribution in [0.1, 0.15) is 154 Å². The van der Waals surface area contributed by atoms with Crippen molar-refractivity contribution in [2.75, 3.05) is 53.2 Å². The Morgan fingerprint density at radius 3 is 0.964 bits per heavy atom. The third kappa shape index (κ3) is 13.9. The molecule has 55 heavy (non-hydrogen) atoms. The van der Waals surface area contributed by atoms with Crippen molar-refractivity contribution in [3.05, 3.63) is 0 Å². The van der Waals surface area contributed by atoms with Gasteiger partial charge in [0.2, 0.25) is 0 Å². The number of thioether (sulfide) groups is 1. The molecule has 320 valence electrons. The van der Waals surface area contributed by atoms with Crippen molar-refractivity contribution in [3.63, 3.8) is 0 Å². The molecule has 6 fully saturated rings. The minimum atomic E-state index is -0.147. The van der Waals surface area contributed by atoms with E-state index in [1.54, 1.807) is 0 Å². The van der Waals surface area contributed by atoms with Gasteiger partial charge in [-0.15, -0.1) is 0 Å². The molecule has 6 aliphatic carbocycles. The minimum Gasteiger partial charge on any atom is -0.394 e. The number of hydrogen-bond donors (Lipinski definition) is 4. The molecule has 0 bridgehead atoms. The second-order valence-corrected chi connectivity index (χ2v) is 25.3. The smallest absolute Gasteiger partial charge is 0.143 e. The van der Waals surface area contributed by atoms with Gasteiger partial charge in [0.25, 0.3) is 0 Å². The Labute approximate surface area is 344 Å². The molecule has 6 rings (SSSR count). The van der Waals surface area contributed by atoms with Crippen molar-refractivity contribution in [1.29, 1.82) is 0 Å². The van der Waals surface area contributed by atoms with E-state index in [1.165, 1.54) is 154 Å². The van der Waals surface area contributed by atoms with Gasteiger partial charge in [0, 0.05) is 10.5 Å². The van der Waals surface area contributed by atoms with E-state index in [9.17, 15) is 20.4 Å². The summed E-state index contributed by atoms with van der Waals surface area (Å²) in [6.07, 6.45) is 32.5. The number of ether oxygens (including phenoxy) is 4. The van der Waals surface area contributed by atoms with Crippen LogP contribution in [0, 0.1) is 11.8 Å². The third-order valence-corrected chi connectivity index (χ3v) is 23.7. The van der Waals surface area contributed by atoms with Crippen molar-refractivity contribution in [3.8, 4) is 0 Å². The molecule has 0 aromatic carbocycles. The Morgan fingerprint density at radius 2 is 0.673 bits per heavy atom. The van der Waals surface area contributed by atoms with Gasteiger partial charge in [0.1, 0.15) is 45.1 Å². The maximum Gasteiger partial charge on any atom is 0.143 e. The topological polar surface area (TPSA) is 118 Å². The molecule has 0 amide bonds. The van der Waals surface area contributed by atoms with Gasteiger partial charge in [-0.1, -0.05) is 0 Å². The summed E-state index contributed by atoms with van der Waals surface area (Å²) < 4.78 is 22.8. The highest BCUT2D eigenvalue weighted by molar-refractivity contribution is 8.00. The second-order valence-electron chi connectivity index (χ2n) is 18.0. The molecule has 0 aromatic heterocycles. The predicted molar refractivity (Wildman–Crippen MR) is 230 cm³/mol. The zero-order chi connectivity index (χ0) is 38.2. The average Bonchev–Trinajstić information content (AvgIpc) is 3.24. The lowest BCUT2D eigenvalue weighted by Crippen LogP contribution is -2.47. The van der Waals surface area contributed by atoms with E-state index < -0.39 is 0 Å². The van der Waals surface area contributed by atoms with Gasteiger partial charge in [-0.05, 0) is 188 Å². The number of aliphatic hydroxyl groups is 4. The van der Waals surface area contributed by atoms with Crippen LogP contribution in [-0.4, -0.2) is 128 Å². The monoisotopic (exact) mass is 833 g/mol. The molecule has 0 atom stereocenters. The second kappa shape index (κ2) is 24.9. The van der Waals surface area contributed by atoms with Gasteiger partial charge < -0.3 is 39.4 Å². The van der Waals surface area contributed by atoms with Crippen LogP contribution in [-0.2, 0) is 40.7 Å². The molecular weight excluding hydrogens is 753 g/mol. The lowest BCUT2D eigenvalue weighted by molar-refractivity contribution is -0.0223. The van der Waals surface area contributed by atoms with Gasteiger partial charge >= 0.3 is 0 Å². The van der Waals surface area contributed by atoms with E-state index >= 15 is 0 Å². The van der Waals surface area contributed by atoms with Crippen LogP contribution in [0.5, 0.6) is 0 Å². The number of aliphatic hydroxyl groups excluding tert-OH is 4. The maximum atomic E-state index is 9.30. The first-order chi connectivity index (χ1) is 27.1. The zero-order valence-electron chi connectivity index (χ0n) is 34.2. The fourth-order valence-corrected chi connectivity index (χ4v) is 21.5. The molecule has 0 heterocycles. The maximum absolute atomic E-state index is 9.30. The van der Waals surface area contributed by atoms with Gasteiger partial charge in [-0.3, -0.25) is 0 Å². The molecule has 8 nitrogen and oxygen atoms in total. The van der Waals surface area contributed by atoms with Crippen molar-refractivity contribution in [1.82, 2.24) is 0 Å². The van der Waals surface area contributed by atoms with Crippen molar-refractivity contribution < 1.29 is 39.4 Å². The van der Waals surface area contributed by atoms with Crippen LogP contribution >= 0.6 is 11.8 Å². The first-order valence-corrected chi connectivity index (χ1v) is 26.7. The molecule has 0 spiro atoms. The quantitative estimate of drug-likeness (QED) is 0.0743. The van der Waals surface area contributed by atoms with Crippen LogP contribution in [0.25, 0.3) is 0 Å². The lowest BCUT2D eigenvalue weighted by atomic mass is 9.89. The summed E-state index contributed by atoms with van der Waals surface area (Å²) in [5.41, 5.74) is 0. The molecular formula is C44H80O8S3+2. The zero-order valence-corrected chi connectivity index (χ0v) is 36.7. The summed E-state index contributed by atoms with van der Waals surface area (Å²) in [4.78, 5) is 0. The molecule has 0 unspecified atom stereocenters. The SMILES string of the molecule is OCCOC1CCC([S+](C2CCC(OCCO)CC2)C2CCC(SC3CCC([S+](C4CCC(COCO)CC4)C4CCC(COCO)CC4)CC3)CC2)CC1. The first kappa shape index (κ1) is 45.3. The molecule has 0 aliphatic heterocycles.